The van der Waals surface area contributed by atoms with E-state index in [1.165, 1.54) is 24.3 Å². The molecule has 0 aliphatic rings. The number of hydrogen-bond acceptors (Lipinski definition) is 4. The minimum absolute atomic E-state index is 0.356. The summed E-state index contributed by atoms with van der Waals surface area (Å²) in [6, 6.07) is 55.6. The highest BCUT2D eigenvalue weighted by atomic mass is 31.2. The summed E-state index contributed by atoms with van der Waals surface area (Å²) >= 11 is 0. The van der Waals surface area contributed by atoms with Crippen LogP contribution in [0.15, 0.2) is 182 Å². The molecule has 0 unspecified atom stereocenters. The number of hydrogen-bond donors (Lipinski definition) is 0. The molecule has 0 N–H and O–H groups in total. The third kappa shape index (κ3) is 6.60. The van der Waals surface area contributed by atoms with Gasteiger partial charge in [-0.1, -0.05) is 127 Å². The van der Waals surface area contributed by atoms with Gasteiger partial charge in [0.15, 0.2) is 24.6 Å². The predicted octanol–water partition coefficient (Wildman–Crippen LogP) is 10.1. The van der Waals surface area contributed by atoms with Gasteiger partial charge in [0.1, 0.15) is 11.6 Å². The molecule has 7 aromatic carbocycles. The highest BCUT2D eigenvalue weighted by molar-refractivity contribution is 7.85. The minimum atomic E-state index is -3.10. The quantitative estimate of drug-likeness (QED) is 0.148. The molecule has 4 nitrogen and oxygen atoms in total. The van der Waals surface area contributed by atoms with Crippen LogP contribution >= 0.6 is 7.14 Å². The van der Waals surface area contributed by atoms with Crippen molar-refractivity contribution in [2.24, 2.45) is 0 Å². The fourth-order valence-corrected chi connectivity index (χ4v) is 8.93. The summed E-state index contributed by atoms with van der Waals surface area (Å²) in [4.78, 5) is 14.1. The summed E-state index contributed by atoms with van der Waals surface area (Å²) in [5.41, 5.74) is 6.08. The van der Waals surface area contributed by atoms with Crippen LogP contribution < -0.4 is 15.9 Å². The first-order chi connectivity index (χ1) is 25.4. The van der Waals surface area contributed by atoms with Gasteiger partial charge in [0.05, 0.1) is 0 Å². The second kappa shape index (κ2) is 14.1. The van der Waals surface area contributed by atoms with Crippen molar-refractivity contribution in [1.29, 1.82) is 0 Å². The number of rotatable bonds is 8. The third-order valence-electron chi connectivity index (χ3n) is 8.98. The Balaban J connectivity index is 1.09. The first-order valence-electron chi connectivity index (χ1n) is 16.8. The molecule has 0 spiro atoms. The van der Waals surface area contributed by atoms with Gasteiger partial charge in [0.25, 0.3) is 0 Å². The molecule has 0 amide bonds. The number of nitrogens with zero attached hydrogens (tertiary/aromatic N) is 3. The lowest BCUT2D eigenvalue weighted by molar-refractivity contribution is 0.592. The van der Waals surface area contributed by atoms with Crippen molar-refractivity contribution in [3.63, 3.8) is 0 Å². The van der Waals surface area contributed by atoms with Gasteiger partial charge in [0, 0.05) is 32.6 Å². The molecule has 8 rings (SSSR count). The number of benzene rings is 7. The molecule has 0 saturated carbocycles. The Kier molecular flexibility index (Phi) is 8.90. The van der Waals surface area contributed by atoms with Crippen LogP contribution in [-0.2, 0) is 4.57 Å². The summed E-state index contributed by atoms with van der Waals surface area (Å²) in [5, 5.41) is 2.38. The van der Waals surface area contributed by atoms with E-state index < -0.39 is 7.14 Å². The van der Waals surface area contributed by atoms with E-state index in [1.807, 2.05) is 109 Å². The molecule has 0 fully saturated rings. The van der Waals surface area contributed by atoms with E-state index in [-0.39, 0.29) is 11.6 Å². The van der Waals surface area contributed by atoms with Gasteiger partial charge in [-0.3, -0.25) is 0 Å². The second-order valence-corrected chi connectivity index (χ2v) is 15.1. The third-order valence-corrected chi connectivity index (χ3v) is 12.0. The first kappa shape index (κ1) is 32.8. The highest BCUT2D eigenvalue weighted by Crippen LogP contribution is 2.43. The molecule has 1 aromatic heterocycles. The summed E-state index contributed by atoms with van der Waals surface area (Å²) in [5.74, 6) is 0.504. The summed E-state index contributed by atoms with van der Waals surface area (Å²) in [7, 11) is -3.10. The monoisotopic (exact) mass is 697 g/mol. The molecule has 8 aromatic rings. The van der Waals surface area contributed by atoms with Gasteiger partial charge in [-0.05, 0) is 76.9 Å². The fraction of sp³-hybridized carbons (Fsp3) is 0. The maximum absolute atomic E-state index is 14.9. The van der Waals surface area contributed by atoms with E-state index >= 15 is 0 Å². The van der Waals surface area contributed by atoms with E-state index in [0.29, 0.717) is 28.6 Å². The molecule has 0 radical (unpaired) electrons. The van der Waals surface area contributed by atoms with E-state index in [9.17, 15) is 13.3 Å². The lowest BCUT2D eigenvalue weighted by Crippen LogP contribution is -2.25. The van der Waals surface area contributed by atoms with Crippen LogP contribution in [0.2, 0.25) is 0 Å². The van der Waals surface area contributed by atoms with Crippen molar-refractivity contribution >= 4 is 23.1 Å². The van der Waals surface area contributed by atoms with Crippen LogP contribution in [0, 0.1) is 11.6 Å². The van der Waals surface area contributed by atoms with Crippen LogP contribution in [0.5, 0.6) is 0 Å². The minimum Gasteiger partial charge on any atom is -0.309 e. The standard InChI is InChI=1S/C45H30F2N3OP/c46-38-26-22-35(23-27-38)44-48-43(49-45(50-44)36-24-28-39(47)29-25-36)34-20-18-32(19-21-34)31-14-16-33(17-15-31)37-8-7-13-42(30-37)52(51,40-9-3-1-4-10-40)41-11-5-2-6-12-41/h1-30H. The lowest BCUT2D eigenvalue weighted by atomic mass is 9.99. The first-order valence-corrected chi connectivity index (χ1v) is 18.5. The van der Waals surface area contributed by atoms with Gasteiger partial charge < -0.3 is 4.57 Å². The van der Waals surface area contributed by atoms with Crippen molar-refractivity contribution < 1.29 is 13.3 Å². The molecular weight excluding hydrogens is 667 g/mol. The van der Waals surface area contributed by atoms with Gasteiger partial charge in [-0.15, -0.1) is 0 Å². The summed E-state index contributed by atoms with van der Waals surface area (Å²) < 4.78 is 42.3. The topological polar surface area (TPSA) is 55.7 Å². The van der Waals surface area contributed by atoms with Crippen LogP contribution in [0.1, 0.15) is 0 Å². The maximum Gasteiger partial charge on any atom is 0.171 e. The van der Waals surface area contributed by atoms with Crippen LogP contribution in [-0.4, -0.2) is 15.0 Å². The zero-order valence-corrected chi connectivity index (χ0v) is 28.7. The molecule has 250 valence electrons. The number of aromatic nitrogens is 3. The molecule has 7 heteroatoms. The van der Waals surface area contributed by atoms with Crippen LogP contribution in [0.4, 0.5) is 8.78 Å². The van der Waals surface area contributed by atoms with Gasteiger partial charge >= 0.3 is 0 Å². The van der Waals surface area contributed by atoms with Crippen molar-refractivity contribution in [3.05, 3.63) is 194 Å². The molecule has 1 heterocycles. The van der Waals surface area contributed by atoms with E-state index in [4.69, 9.17) is 9.97 Å². The molecule has 0 saturated heterocycles. The summed E-state index contributed by atoms with van der Waals surface area (Å²) in [6.45, 7) is 0. The Morgan fingerprint density at radius 1 is 0.327 bits per heavy atom. The number of halogens is 2. The molecule has 0 bridgehead atoms. The average Bonchev–Trinajstić information content (AvgIpc) is 3.22. The average molecular weight is 698 g/mol. The molecule has 0 atom stereocenters. The van der Waals surface area contributed by atoms with Crippen LogP contribution in [0.25, 0.3) is 56.4 Å². The molecular formula is C45H30F2N3OP. The van der Waals surface area contributed by atoms with Gasteiger partial charge in [-0.25, -0.2) is 23.7 Å². The molecule has 0 aliphatic heterocycles. The smallest absolute Gasteiger partial charge is 0.171 e. The van der Waals surface area contributed by atoms with Crippen molar-refractivity contribution in [2.75, 3.05) is 0 Å². The SMILES string of the molecule is O=P(c1ccccc1)(c1ccccc1)c1cccc(-c2ccc(-c3ccc(-c4nc(-c5ccc(F)cc5)nc(-c5ccc(F)cc5)n4)cc3)cc2)c1. The van der Waals surface area contributed by atoms with Gasteiger partial charge in [-0.2, -0.15) is 0 Å². The Labute approximate surface area is 300 Å². The van der Waals surface area contributed by atoms with E-state index in [2.05, 4.69) is 29.2 Å². The van der Waals surface area contributed by atoms with Crippen LogP contribution in [0.3, 0.4) is 0 Å². The van der Waals surface area contributed by atoms with Crippen molar-refractivity contribution in [2.45, 2.75) is 0 Å². The highest BCUT2D eigenvalue weighted by Gasteiger charge is 2.29. The Morgan fingerprint density at radius 2 is 0.654 bits per heavy atom. The Bertz CT molecular complexity index is 2420. The lowest BCUT2D eigenvalue weighted by Gasteiger charge is -2.20. The van der Waals surface area contributed by atoms with E-state index in [0.717, 1.165) is 43.7 Å². The maximum atomic E-state index is 14.9. The zero-order chi connectivity index (χ0) is 35.5. The van der Waals surface area contributed by atoms with Crippen molar-refractivity contribution in [3.8, 4) is 56.4 Å². The molecule has 52 heavy (non-hydrogen) atoms. The van der Waals surface area contributed by atoms with Crippen molar-refractivity contribution in [1.82, 2.24) is 15.0 Å². The predicted molar refractivity (Wildman–Crippen MR) is 206 cm³/mol. The largest absolute Gasteiger partial charge is 0.309 e. The van der Waals surface area contributed by atoms with Gasteiger partial charge in [0.2, 0.25) is 0 Å². The Morgan fingerprint density at radius 3 is 1.06 bits per heavy atom. The normalized spacial score (nSPS) is 11.3. The zero-order valence-electron chi connectivity index (χ0n) is 27.8. The summed E-state index contributed by atoms with van der Waals surface area (Å²) in [6.07, 6.45) is 0. The second-order valence-electron chi connectivity index (χ2n) is 12.3. The fourth-order valence-electron chi connectivity index (χ4n) is 6.23. The Hall–Kier alpha value is -6.36. The van der Waals surface area contributed by atoms with E-state index in [1.54, 1.807) is 24.3 Å². The molecule has 0 aliphatic carbocycles.